The van der Waals surface area contributed by atoms with Gasteiger partial charge in [0.25, 0.3) is 0 Å². The molecule has 4 rings (SSSR count). The number of rotatable bonds is 3. The van der Waals surface area contributed by atoms with Crippen LogP contribution in [0.1, 0.15) is 25.3 Å². The number of hydrogen-bond acceptors (Lipinski definition) is 5. The van der Waals surface area contributed by atoms with E-state index in [4.69, 9.17) is 14.5 Å². The van der Waals surface area contributed by atoms with Crippen LogP contribution in [0.3, 0.4) is 0 Å². The third-order valence-electron chi connectivity index (χ3n) is 4.96. The molecule has 5 nitrogen and oxygen atoms in total. The van der Waals surface area contributed by atoms with E-state index in [-0.39, 0.29) is 5.91 Å². The van der Waals surface area contributed by atoms with Gasteiger partial charge in [0.15, 0.2) is 11.5 Å². The van der Waals surface area contributed by atoms with Crippen molar-refractivity contribution in [2.45, 2.75) is 31.7 Å². The van der Waals surface area contributed by atoms with E-state index < -0.39 is 0 Å². The highest BCUT2D eigenvalue weighted by Gasteiger charge is 2.21. The maximum Gasteiger partial charge on any atom is 0.232 e. The Morgan fingerprint density at radius 3 is 2.81 bits per heavy atom. The van der Waals surface area contributed by atoms with E-state index in [0.29, 0.717) is 24.9 Å². The number of benzene rings is 1. The zero-order valence-electron chi connectivity index (χ0n) is 15.3. The number of nitrogens with zero attached hydrogens (tertiary/aromatic N) is 2. The van der Waals surface area contributed by atoms with Crippen LogP contribution in [-0.2, 0) is 4.79 Å². The van der Waals surface area contributed by atoms with Crippen LogP contribution in [0.2, 0.25) is 0 Å². The molecule has 2 aliphatic rings. The number of aromatic nitrogens is 1. The van der Waals surface area contributed by atoms with Gasteiger partial charge in [-0.3, -0.25) is 4.79 Å². The molecule has 6 heteroatoms. The van der Waals surface area contributed by atoms with E-state index in [1.807, 2.05) is 24.0 Å². The van der Waals surface area contributed by atoms with Gasteiger partial charge in [-0.1, -0.05) is 18.7 Å². The Labute approximate surface area is 158 Å². The van der Waals surface area contributed by atoms with Crippen molar-refractivity contribution < 1.29 is 14.3 Å². The van der Waals surface area contributed by atoms with Crippen molar-refractivity contribution in [1.29, 1.82) is 0 Å². The topological polar surface area (TPSA) is 51.7 Å². The molecule has 1 fully saturated rings. The molecule has 0 radical (unpaired) electrons. The first-order valence-electron chi connectivity index (χ1n) is 9.22. The summed E-state index contributed by atoms with van der Waals surface area (Å²) in [5.41, 5.74) is 1.96. The SMILES string of the molecule is Cc1cc2cc3c(cc2nc1SCC(=O)N1CCC[C@H](C)C1)OCCO3. The molecule has 1 aromatic heterocycles. The maximum absolute atomic E-state index is 12.5. The van der Waals surface area contributed by atoms with Crippen LogP contribution in [0.4, 0.5) is 0 Å². The molecular formula is C20H24N2O3S. The van der Waals surface area contributed by atoms with Gasteiger partial charge in [0.2, 0.25) is 5.91 Å². The Morgan fingerprint density at radius 1 is 1.27 bits per heavy atom. The van der Waals surface area contributed by atoms with Crippen molar-refractivity contribution in [1.82, 2.24) is 9.88 Å². The van der Waals surface area contributed by atoms with E-state index in [1.54, 1.807) is 0 Å². The lowest BCUT2D eigenvalue weighted by Crippen LogP contribution is -2.40. The standard InChI is InChI=1S/C20H24N2O3S/c1-13-4-3-5-22(11-13)19(23)12-26-20-14(2)8-15-9-17-18(10-16(15)21-20)25-7-6-24-17/h8-10,13H,3-7,11-12H2,1-2H3/t13-/m0/s1. The molecule has 0 aliphatic carbocycles. The minimum atomic E-state index is 0.213. The molecule has 1 saturated heterocycles. The first-order valence-corrected chi connectivity index (χ1v) is 10.2. The average molecular weight is 372 g/mol. The number of pyridine rings is 1. The second kappa shape index (κ2) is 7.35. The fourth-order valence-corrected chi connectivity index (χ4v) is 4.47. The summed E-state index contributed by atoms with van der Waals surface area (Å²) in [5.74, 6) is 2.78. The van der Waals surface area contributed by atoms with E-state index in [0.717, 1.165) is 52.5 Å². The number of amides is 1. The van der Waals surface area contributed by atoms with Crippen LogP contribution < -0.4 is 9.47 Å². The molecule has 0 bridgehead atoms. The zero-order valence-corrected chi connectivity index (χ0v) is 16.1. The molecule has 0 spiro atoms. The molecule has 2 aliphatic heterocycles. The third kappa shape index (κ3) is 3.61. The number of thioether (sulfide) groups is 1. The number of hydrogen-bond donors (Lipinski definition) is 0. The molecule has 1 atom stereocenters. The summed E-state index contributed by atoms with van der Waals surface area (Å²) in [6, 6.07) is 6.02. The molecule has 26 heavy (non-hydrogen) atoms. The van der Waals surface area contributed by atoms with Gasteiger partial charge in [0.1, 0.15) is 18.2 Å². The Bertz CT molecular complexity index is 839. The van der Waals surface area contributed by atoms with Crippen molar-refractivity contribution in [3.8, 4) is 11.5 Å². The summed E-state index contributed by atoms with van der Waals surface area (Å²) in [6.07, 6.45) is 2.33. The Hall–Kier alpha value is -1.95. The van der Waals surface area contributed by atoms with Gasteiger partial charge in [0.05, 0.1) is 11.3 Å². The third-order valence-corrected chi connectivity index (χ3v) is 6.04. The molecular weight excluding hydrogens is 348 g/mol. The molecule has 0 unspecified atom stereocenters. The predicted octanol–water partition coefficient (Wildman–Crippen LogP) is 3.67. The number of ether oxygens (including phenoxy) is 2. The summed E-state index contributed by atoms with van der Waals surface area (Å²) in [6.45, 7) is 7.17. The fourth-order valence-electron chi connectivity index (χ4n) is 3.58. The van der Waals surface area contributed by atoms with Crippen LogP contribution in [-0.4, -0.2) is 47.8 Å². The molecule has 0 saturated carbocycles. The monoisotopic (exact) mass is 372 g/mol. The molecule has 1 aromatic carbocycles. The highest BCUT2D eigenvalue weighted by Crippen LogP contribution is 2.35. The van der Waals surface area contributed by atoms with Gasteiger partial charge < -0.3 is 14.4 Å². The lowest BCUT2D eigenvalue weighted by molar-refractivity contribution is -0.130. The van der Waals surface area contributed by atoms with Crippen LogP contribution in [0.15, 0.2) is 23.2 Å². The number of likely N-dealkylation sites (tertiary alicyclic amines) is 1. The van der Waals surface area contributed by atoms with Gasteiger partial charge in [-0.15, -0.1) is 0 Å². The maximum atomic E-state index is 12.5. The Morgan fingerprint density at radius 2 is 2.04 bits per heavy atom. The first kappa shape index (κ1) is 17.5. The predicted molar refractivity (Wildman–Crippen MR) is 103 cm³/mol. The van der Waals surface area contributed by atoms with Crippen LogP contribution >= 0.6 is 11.8 Å². The van der Waals surface area contributed by atoms with Crippen molar-refractivity contribution >= 4 is 28.6 Å². The van der Waals surface area contributed by atoms with E-state index >= 15 is 0 Å². The van der Waals surface area contributed by atoms with Crippen LogP contribution in [0.5, 0.6) is 11.5 Å². The minimum absolute atomic E-state index is 0.213. The summed E-state index contributed by atoms with van der Waals surface area (Å²) >= 11 is 1.53. The number of carbonyl (C=O) groups excluding carboxylic acids is 1. The quantitative estimate of drug-likeness (QED) is 0.770. The summed E-state index contributed by atoms with van der Waals surface area (Å²) in [7, 11) is 0. The molecule has 0 N–H and O–H groups in total. The minimum Gasteiger partial charge on any atom is -0.486 e. The highest BCUT2D eigenvalue weighted by atomic mass is 32.2. The molecule has 2 aromatic rings. The van der Waals surface area contributed by atoms with Gasteiger partial charge in [0, 0.05) is 24.5 Å². The Balaban J connectivity index is 1.51. The summed E-state index contributed by atoms with van der Waals surface area (Å²) in [4.78, 5) is 19.3. The molecule has 1 amide bonds. The van der Waals surface area contributed by atoms with Crippen molar-refractivity contribution in [3.05, 3.63) is 23.8 Å². The lowest BCUT2D eigenvalue weighted by Gasteiger charge is -2.30. The van der Waals surface area contributed by atoms with Crippen molar-refractivity contribution in [2.24, 2.45) is 5.92 Å². The van der Waals surface area contributed by atoms with Gasteiger partial charge >= 0.3 is 0 Å². The van der Waals surface area contributed by atoms with Gasteiger partial charge in [-0.2, -0.15) is 0 Å². The normalized spacial score (nSPS) is 19.6. The largest absolute Gasteiger partial charge is 0.486 e. The van der Waals surface area contributed by atoms with E-state index in [1.165, 1.54) is 18.2 Å². The van der Waals surface area contributed by atoms with E-state index in [9.17, 15) is 4.79 Å². The highest BCUT2D eigenvalue weighted by molar-refractivity contribution is 7.99. The number of aryl methyl sites for hydroxylation is 1. The van der Waals surface area contributed by atoms with Gasteiger partial charge in [-0.25, -0.2) is 4.98 Å². The van der Waals surface area contributed by atoms with Crippen molar-refractivity contribution in [2.75, 3.05) is 32.1 Å². The average Bonchev–Trinajstić information content (AvgIpc) is 2.64. The summed E-state index contributed by atoms with van der Waals surface area (Å²) in [5, 5.41) is 1.94. The fraction of sp³-hybridized carbons (Fsp3) is 0.500. The number of piperidine rings is 1. The second-order valence-corrected chi connectivity index (χ2v) is 8.14. The van der Waals surface area contributed by atoms with Crippen LogP contribution in [0.25, 0.3) is 10.9 Å². The zero-order chi connectivity index (χ0) is 18.1. The van der Waals surface area contributed by atoms with Crippen LogP contribution in [0, 0.1) is 12.8 Å². The van der Waals surface area contributed by atoms with Crippen molar-refractivity contribution in [3.63, 3.8) is 0 Å². The molecule has 3 heterocycles. The first-order chi connectivity index (χ1) is 12.6. The smallest absolute Gasteiger partial charge is 0.232 e. The summed E-state index contributed by atoms with van der Waals surface area (Å²) < 4.78 is 11.3. The number of fused-ring (bicyclic) bond motifs is 2. The lowest BCUT2D eigenvalue weighted by atomic mass is 10.0. The second-order valence-electron chi connectivity index (χ2n) is 7.17. The number of carbonyl (C=O) groups is 1. The van der Waals surface area contributed by atoms with Gasteiger partial charge in [-0.05, 0) is 43.4 Å². The molecule has 138 valence electrons. The Kier molecular flexibility index (Phi) is 4.94. The van der Waals surface area contributed by atoms with E-state index in [2.05, 4.69) is 13.0 Å².